The molecule has 0 bridgehead atoms. The van der Waals surface area contributed by atoms with Gasteiger partial charge in [0.25, 0.3) is 0 Å². The predicted octanol–water partition coefficient (Wildman–Crippen LogP) is 3.16. The lowest BCUT2D eigenvalue weighted by atomic mass is 9.97. The van der Waals surface area contributed by atoms with Crippen LogP contribution in [0.2, 0.25) is 0 Å². The Labute approximate surface area is 107 Å². The van der Waals surface area contributed by atoms with Gasteiger partial charge >= 0.3 is 0 Å². The van der Waals surface area contributed by atoms with Crippen LogP contribution < -0.4 is 5.73 Å². The van der Waals surface area contributed by atoms with Crippen LogP contribution in [-0.4, -0.2) is 30.1 Å². The molecule has 2 atom stereocenters. The van der Waals surface area contributed by atoms with Crippen LogP contribution in [0.5, 0.6) is 0 Å². The summed E-state index contributed by atoms with van der Waals surface area (Å²) in [4.78, 5) is 2.82. The van der Waals surface area contributed by atoms with Crippen molar-refractivity contribution in [2.24, 2.45) is 11.7 Å². The van der Waals surface area contributed by atoms with Gasteiger partial charge in [-0.1, -0.05) is 39.0 Å². The van der Waals surface area contributed by atoms with Crippen LogP contribution in [-0.2, 0) is 0 Å². The van der Waals surface area contributed by atoms with Crippen molar-refractivity contribution in [1.82, 2.24) is 4.90 Å². The molecule has 0 heterocycles. The van der Waals surface area contributed by atoms with Gasteiger partial charge in [0.1, 0.15) is 0 Å². The average molecular weight is 238 g/mol. The van der Waals surface area contributed by atoms with E-state index >= 15 is 0 Å². The molecule has 2 aliphatic rings. The molecule has 0 amide bonds. The summed E-state index contributed by atoms with van der Waals surface area (Å²) in [6.45, 7) is 4.47. The highest BCUT2D eigenvalue weighted by Crippen LogP contribution is 2.33. The molecule has 0 saturated heterocycles. The Morgan fingerprint density at radius 3 is 2.24 bits per heavy atom. The van der Waals surface area contributed by atoms with Crippen LogP contribution in [0, 0.1) is 5.92 Å². The second-order valence-corrected chi connectivity index (χ2v) is 5.97. The fraction of sp³-hybridized carbons (Fsp3) is 1.00. The van der Waals surface area contributed by atoms with Crippen molar-refractivity contribution in [1.29, 1.82) is 0 Å². The van der Waals surface area contributed by atoms with Crippen molar-refractivity contribution >= 4 is 0 Å². The molecule has 0 aromatic carbocycles. The molecule has 2 aliphatic carbocycles. The molecule has 2 rings (SSSR count). The first-order valence-electron chi connectivity index (χ1n) is 7.82. The second-order valence-electron chi connectivity index (χ2n) is 5.97. The summed E-state index contributed by atoms with van der Waals surface area (Å²) in [5.41, 5.74) is 5.95. The Hall–Kier alpha value is -0.0800. The highest BCUT2D eigenvalue weighted by molar-refractivity contribution is 4.89. The first-order valence-corrected chi connectivity index (χ1v) is 7.82. The van der Waals surface area contributed by atoms with Gasteiger partial charge in [0.15, 0.2) is 0 Å². The van der Waals surface area contributed by atoms with Crippen LogP contribution in [0.1, 0.15) is 64.7 Å². The fourth-order valence-electron chi connectivity index (χ4n) is 4.08. The minimum atomic E-state index is 0.776. The summed E-state index contributed by atoms with van der Waals surface area (Å²) < 4.78 is 0. The van der Waals surface area contributed by atoms with E-state index in [1.807, 2.05) is 0 Å². The van der Waals surface area contributed by atoms with Crippen molar-refractivity contribution in [3.8, 4) is 0 Å². The van der Waals surface area contributed by atoms with Crippen LogP contribution in [0.3, 0.4) is 0 Å². The average Bonchev–Trinajstić information content (AvgIpc) is 2.65. The molecule has 2 fully saturated rings. The predicted molar refractivity (Wildman–Crippen MR) is 74.1 cm³/mol. The van der Waals surface area contributed by atoms with Crippen LogP contribution in [0.4, 0.5) is 0 Å². The minimum absolute atomic E-state index is 0.776. The number of nitrogens with zero attached hydrogens (tertiary/aromatic N) is 1. The molecular weight excluding hydrogens is 208 g/mol. The standard InChI is InChI=1S/C15H30N2/c1-2-17(14-9-5-3-4-6-10-14)15-11-7-8-13(15)12-16/h13-15H,2-12,16H2,1H3. The molecule has 0 aliphatic heterocycles. The van der Waals surface area contributed by atoms with Crippen molar-refractivity contribution in [2.45, 2.75) is 76.8 Å². The van der Waals surface area contributed by atoms with E-state index in [-0.39, 0.29) is 0 Å². The molecule has 2 saturated carbocycles. The van der Waals surface area contributed by atoms with E-state index < -0.39 is 0 Å². The van der Waals surface area contributed by atoms with E-state index in [0.29, 0.717) is 0 Å². The molecule has 100 valence electrons. The maximum Gasteiger partial charge on any atom is 0.0138 e. The summed E-state index contributed by atoms with van der Waals surface area (Å²) in [5.74, 6) is 0.776. The Morgan fingerprint density at radius 2 is 1.65 bits per heavy atom. The Balaban J connectivity index is 1.98. The number of nitrogens with two attached hydrogens (primary N) is 1. The Kier molecular flexibility index (Phi) is 5.30. The molecule has 0 aromatic rings. The first-order chi connectivity index (χ1) is 8.36. The second kappa shape index (κ2) is 6.75. The van der Waals surface area contributed by atoms with Gasteiger partial charge in [-0.3, -0.25) is 4.90 Å². The maximum atomic E-state index is 5.95. The summed E-state index contributed by atoms with van der Waals surface area (Å²) in [6, 6.07) is 1.66. The monoisotopic (exact) mass is 238 g/mol. The maximum absolute atomic E-state index is 5.95. The highest BCUT2D eigenvalue weighted by atomic mass is 15.2. The van der Waals surface area contributed by atoms with Gasteiger partial charge in [0.2, 0.25) is 0 Å². The summed E-state index contributed by atoms with van der Waals surface area (Å²) in [7, 11) is 0. The lowest BCUT2D eigenvalue weighted by Gasteiger charge is -2.38. The SMILES string of the molecule is CCN(C1CCCCCC1)C1CCCC1CN. The van der Waals surface area contributed by atoms with Gasteiger partial charge in [-0.05, 0) is 44.7 Å². The molecule has 0 spiro atoms. The highest BCUT2D eigenvalue weighted by Gasteiger charge is 2.33. The van der Waals surface area contributed by atoms with Gasteiger partial charge in [-0.25, -0.2) is 0 Å². The summed E-state index contributed by atoms with van der Waals surface area (Å²) in [5, 5.41) is 0. The van der Waals surface area contributed by atoms with Crippen molar-refractivity contribution < 1.29 is 0 Å². The zero-order chi connectivity index (χ0) is 12.1. The zero-order valence-electron chi connectivity index (χ0n) is 11.5. The van der Waals surface area contributed by atoms with Crippen LogP contribution >= 0.6 is 0 Å². The van der Waals surface area contributed by atoms with E-state index in [2.05, 4.69) is 11.8 Å². The van der Waals surface area contributed by atoms with Crippen LogP contribution in [0.15, 0.2) is 0 Å². The number of hydrogen-bond acceptors (Lipinski definition) is 2. The van der Waals surface area contributed by atoms with Crippen LogP contribution in [0.25, 0.3) is 0 Å². The van der Waals surface area contributed by atoms with Crippen molar-refractivity contribution in [2.75, 3.05) is 13.1 Å². The summed E-state index contributed by atoms with van der Waals surface area (Å²) in [6.07, 6.45) is 12.8. The Bertz CT molecular complexity index is 209. The topological polar surface area (TPSA) is 29.3 Å². The van der Waals surface area contributed by atoms with Crippen molar-refractivity contribution in [3.63, 3.8) is 0 Å². The normalized spacial score (nSPS) is 31.9. The molecule has 2 heteroatoms. The molecule has 17 heavy (non-hydrogen) atoms. The number of hydrogen-bond donors (Lipinski definition) is 1. The van der Waals surface area contributed by atoms with Crippen molar-refractivity contribution in [3.05, 3.63) is 0 Å². The van der Waals surface area contributed by atoms with E-state index in [1.165, 1.54) is 64.3 Å². The lowest BCUT2D eigenvalue weighted by molar-refractivity contribution is 0.104. The molecule has 0 aromatic heterocycles. The zero-order valence-corrected chi connectivity index (χ0v) is 11.5. The lowest BCUT2D eigenvalue weighted by Crippen LogP contribution is -2.46. The van der Waals surface area contributed by atoms with E-state index in [9.17, 15) is 0 Å². The fourth-order valence-corrected chi connectivity index (χ4v) is 4.08. The van der Waals surface area contributed by atoms with Gasteiger partial charge in [-0.15, -0.1) is 0 Å². The first kappa shape index (κ1) is 13.4. The van der Waals surface area contributed by atoms with Gasteiger partial charge < -0.3 is 5.73 Å². The number of rotatable bonds is 4. The third-order valence-electron chi connectivity index (χ3n) is 5.01. The molecule has 2 N–H and O–H groups in total. The summed E-state index contributed by atoms with van der Waals surface area (Å²) >= 11 is 0. The molecular formula is C15H30N2. The third-order valence-corrected chi connectivity index (χ3v) is 5.01. The molecule has 0 radical (unpaired) electrons. The van der Waals surface area contributed by atoms with Gasteiger partial charge in [0, 0.05) is 12.1 Å². The third kappa shape index (κ3) is 3.23. The molecule has 2 unspecified atom stereocenters. The largest absolute Gasteiger partial charge is 0.330 e. The van der Waals surface area contributed by atoms with Gasteiger partial charge in [-0.2, -0.15) is 0 Å². The van der Waals surface area contributed by atoms with E-state index in [4.69, 9.17) is 5.73 Å². The quantitative estimate of drug-likeness (QED) is 0.762. The Morgan fingerprint density at radius 1 is 0.941 bits per heavy atom. The minimum Gasteiger partial charge on any atom is -0.330 e. The van der Waals surface area contributed by atoms with E-state index in [0.717, 1.165) is 24.5 Å². The smallest absolute Gasteiger partial charge is 0.0138 e. The van der Waals surface area contributed by atoms with E-state index in [1.54, 1.807) is 0 Å². The molecule has 2 nitrogen and oxygen atoms in total. The van der Waals surface area contributed by atoms with Gasteiger partial charge in [0.05, 0.1) is 0 Å².